The number of nitrogens with zero attached hydrogens (tertiary/aromatic N) is 4. The van der Waals surface area contributed by atoms with E-state index in [1.165, 1.54) is 6.20 Å². The molecule has 3 aromatic rings. The summed E-state index contributed by atoms with van der Waals surface area (Å²) in [6, 6.07) is 5.33. The Kier molecular flexibility index (Phi) is 4.07. The largest absolute Gasteiger partial charge is 0.306 e. The molecule has 0 atom stereocenters. The summed E-state index contributed by atoms with van der Waals surface area (Å²) in [4.78, 5) is 29.8. The highest BCUT2D eigenvalue weighted by Crippen LogP contribution is 2.20. The Morgan fingerprint density at radius 2 is 2.08 bits per heavy atom. The van der Waals surface area contributed by atoms with Gasteiger partial charge in [0.05, 0.1) is 17.5 Å². The van der Waals surface area contributed by atoms with Crippen molar-refractivity contribution in [3.05, 3.63) is 76.0 Å². The van der Waals surface area contributed by atoms with Gasteiger partial charge in [0, 0.05) is 55.8 Å². The Morgan fingerprint density at radius 3 is 2.88 bits per heavy atom. The lowest BCUT2D eigenvalue weighted by molar-refractivity contribution is 0.238. The average molecular weight is 337 g/mol. The topological polar surface area (TPSA) is 74.8 Å². The van der Waals surface area contributed by atoms with Crippen LogP contribution in [0.2, 0.25) is 0 Å². The molecule has 0 aliphatic carbocycles. The van der Waals surface area contributed by atoms with E-state index < -0.39 is 0 Å². The number of halogens is 1. The molecular weight excluding hydrogens is 321 g/mol. The van der Waals surface area contributed by atoms with Gasteiger partial charge in [0.15, 0.2) is 0 Å². The first-order valence-corrected chi connectivity index (χ1v) is 8.04. The number of H-pyrrole nitrogens is 1. The van der Waals surface area contributed by atoms with Crippen LogP contribution >= 0.6 is 0 Å². The highest BCUT2D eigenvalue weighted by Gasteiger charge is 2.22. The van der Waals surface area contributed by atoms with Crippen LogP contribution in [0.1, 0.15) is 16.8 Å². The number of hydrogen-bond acceptors (Lipinski definition) is 5. The fourth-order valence-corrected chi connectivity index (χ4v) is 3.03. The lowest BCUT2D eigenvalue weighted by Crippen LogP contribution is -2.35. The summed E-state index contributed by atoms with van der Waals surface area (Å²) >= 11 is 0. The number of nitrogens with one attached hydrogen (secondary N) is 1. The van der Waals surface area contributed by atoms with Crippen LogP contribution < -0.4 is 5.56 Å². The van der Waals surface area contributed by atoms with Gasteiger partial charge in [-0.05, 0) is 18.2 Å². The van der Waals surface area contributed by atoms with E-state index in [4.69, 9.17) is 0 Å². The van der Waals surface area contributed by atoms with Crippen LogP contribution in [0.15, 0.2) is 47.8 Å². The second-order valence-electron chi connectivity index (χ2n) is 6.01. The minimum absolute atomic E-state index is 0.149. The van der Waals surface area contributed by atoms with Gasteiger partial charge in [-0.25, -0.2) is 9.37 Å². The molecule has 25 heavy (non-hydrogen) atoms. The number of pyridine rings is 2. The lowest BCUT2D eigenvalue weighted by Gasteiger charge is -2.27. The second-order valence-corrected chi connectivity index (χ2v) is 6.01. The molecule has 0 bridgehead atoms. The maximum atomic E-state index is 13.8. The van der Waals surface area contributed by atoms with Gasteiger partial charge in [-0.15, -0.1) is 0 Å². The summed E-state index contributed by atoms with van der Waals surface area (Å²) in [7, 11) is 0. The molecule has 0 aromatic carbocycles. The number of hydrogen-bond donors (Lipinski definition) is 1. The molecule has 0 unspecified atom stereocenters. The Morgan fingerprint density at radius 1 is 1.20 bits per heavy atom. The molecule has 3 aromatic heterocycles. The molecule has 1 N–H and O–H groups in total. The van der Waals surface area contributed by atoms with Crippen LogP contribution in [-0.2, 0) is 19.5 Å². The van der Waals surface area contributed by atoms with E-state index >= 15 is 0 Å². The first-order valence-electron chi connectivity index (χ1n) is 8.04. The molecule has 1 aliphatic rings. The Hall–Kier alpha value is -2.93. The number of rotatable bonds is 3. The fourth-order valence-electron chi connectivity index (χ4n) is 3.03. The predicted molar refractivity (Wildman–Crippen MR) is 90.1 cm³/mol. The van der Waals surface area contributed by atoms with Crippen molar-refractivity contribution in [2.75, 3.05) is 6.54 Å². The van der Waals surface area contributed by atoms with Crippen LogP contribution in [0.4, 0.5) is 4.39 Å². The van der Waals surface area contributed by atoms with E-state index in [1.807, 2.05) is 11.0 Å². The van der Waals surface area contributed by atoms with Crippen molar-refractivity contribution in [3.63, 3.8) is 0 Å². The van der Waals surface area contributed by atoms with Crippen molar-refractivity contribution in [2.24, 2.45) is 0 Å². The predicted octanol–water partition coefficient (Wildman–Crippen LogP) is 1.92. The van der Waals surface area contributed by atoms with E-state index in [-0.39, 0.29) is 11.4 Å². The van der Waals surface area contributed by atoms with Gasteiger partial charge >= 0.3 is 0 Å². The first kappa shape index (κ1) is 15.6. The van der Waals surface area contributed by atoms with Crippen molar-refractivity contribution in [1.82, 2.24) is 24.8 Å². The smallest absolute Gasteiger partial charge is 0.255 e. The average Bonchev–Trinajstić information content (AvgIpc) is 2.65. The number of fused-ring (bicyclic) bond motifs is 1. The normalized spacial score (nSPS) is 14.3. The molecule has 0 fully saturated rings. The number of aromatic amines is 1. The van der Waals surface area contributed by atoms with E-state index in [2.05, 4.69) is 19.9 Å². The Balaban J connectivity index is 1.60. The summed E-state index contributed by atoms with van der Waals surface area (Å²) in [6.45, 7) is 1.61. The third-order valence-electron chi connectivity index (χ3n) is 4.33. The van der Waals surface area contributed by atoms with Gasteiger partial charge in [0.25, 0.3) is 5.56 Å². The van der Waals surface area contributed by atoms with E-state index in [0.29, 0.717) is 36.5 Å². The van der Waals surface area contributed by atoms with E-state index in [1.54, 1.807) is 30.7 Å². The third-order valence-corrected chi connectivity index (χ3v) is 4.33. The van der Waals surface area contributed by atoms with Gasteiger partial charge in [-0.2, -0.15) is 0 Å². The van der Waals surface area contributed by atoms with Crippen LogP contribution in [0.5, 0.6) is 0 Å². The van der Waals surface area contributed by atoms with Crippen molar-refractivity contribution in [1.29, 1.82) is 0 Å². The molecule has 126 valence electrons. The van der Waals surface area contributed by atoms with Gasteiger partial charge in [0.2, 0.25) is 0 Å². The quantitative estimate of drug-likeness (QED) is 0.790. The van der Waals surface area contributed by atoms with Gasteiger partial charge < -0.3 is 4.98 Å². The molecule has 4 rings (SSSR count). The molecule has 0 saturated heterocycles. The molecular formula is C18H16FN5O. The molecule has 1 aliphatic heterocycles. The summed E-state index contributed by atoms with van der Waals surface area (Å²) in [5.41, 5.74) is 2.66. The minimum atomic E-state index is -0.327. The molecule has 0 saturated carbocycles. The first-order chi connectivity index (χ1) is 12.2. The SMILES string of the molecule is O=c1[nH]c(-c2cccnc2)nc2c1CN(Cc1ccncc1F)CC2. The maximum absolute atomic E-state index is 13.8. The molecule has 0 amide bonds. The molecule has 6 nitrogen and oxygen atoms in total. The van der Waals surface area contributed by atoms with Gasteiger partial charge in [0.1, 0.15) is 11.6 Å². The highest BCUT2D eigenvalue weighted by atomic mass is 19.1. The molecule has 7 heteroatoms. The highest BCUT2D eigenvalue weighted by molar-refractivity contribution is 5.53. The van der Waals surface area contributed by atoms with Crippen LogP contribution in [-0.4, -0.2) is 31.4 Å². The van der Waals surface area contributed by atoms with Crippen LogP contribution in [0.25, 0.3) is 11.4 Å². The summed E-state index contributed by atoms with van der Waals surface area (Å²) in [5.74, 6) is 0.206. The third kappa shape index (κ3) is 3.18. The summed E-state index contributed by atoms with van der Waals surface area (Å²) in [6.07, 6.45) is 6.79. The van der Waals surface area contributed by atoms with Crippen molar-refractivity contribution in [2.45, 2.75) is 19.5 Å². The van der Waals surface area contributed by atoms with E-state index in [9.17, 15) is 9.18 Å². The maximum Gasteiger partial charge on any atom is 0.255 e. The summed E-state index contributed by atoms with van der Waals surface area (Å²) < 4.78 is 13.8. The lowest BCUT2D eigenvalue weighted by atomic mass is 10.1. The van der Waals surface area contributed by atoms with Crippen molar-refractivity contribution in [3.8, 4) is 11.4 Å². The van der Waals surface area contributed by atoms with Gasteiger partial charge in [-0.3, -0.25) is 19.7 Å². The minimum Gasteiger partial charge on any atom is -0.306 e. The van der Waals surface area contributed by atoms with Crippen LogP contribution in [0.3, 0.4) is 0 Å². The van der Waals surface area contributed by atoms with Crippen molar-refractivity contribution >= 4 is 0 Å². The summed E-state index contributed by atoms with van der Waals surface area (Å²) in [5, 5.41) is 0. The molecule has 4 heterocycles. The zero-order valence-electron chi connectivity index (χ0n) is 13.4. The Labute approximate surface area is 143 Å². The van der Waals surface area contributed by atoms with Crippen LogP contribution in [0, 0.1) is 5.82 Å². The van der Waals surface area contributed by atoms with E-state index in [0.717, 1.165) is 17.8 Å². The monoisotopic (exact) mass is 337 g/mol. The fraction of sp³-hybridized carbons (Fsp3) is 0.222. The standard InChI is InChI=1S/C18H16FN5O/c19-15-9-21-6-3-13(15)10-24-7-4-16-14(11-24)18(25)23-17(22-16)12-2-1-5-20-8-12/h1-3,5-6,8-9H,4,7,10-11H2,(H,22,23,25). The Bertz CT molecular complexity index is 957. The van der Waals surface area contributed by atoms with Gasteiger partial charge in [-0.1, -0.05) is 0 Å². The number of aromatic nitrogens is 4. The zero-order chi connectivity index (χ0) is 17.2. The second kappa shape index (κ2) is 6.52. The van der Waals surface area contributed by atoms with Crippen molar-refractivity contribution < 1.29 is 4.39 Å². The molecule has 0 spiro atoms. The zero-order valence-corrected chi connectivity index (χ0v) is 13.4. The molecule has 0 radical (unpaired) electrons.